The predicted molar refractivity (Wildman–Crippen MR) is 74.8 cm³/mol. The van der Waals surface area contributed by atoms with Crippen LogP contribution in [0, 0.1) is 5.92 Å². The number of carbonyl (C=O) groups excluding carboxylic acids is 3. The molecule has 0 saturated carbocycles. The number of hydrogen-bond acceptors (Lipinski definition) is 6. The molecule has 0 fully saturated rings. The lowest BCUT2D eigenvalue weighted by atomic mass is 9.96. The number of hydrogen-bond donors (Lipinski definition) is 0. The van der Waals surface area contributed by atoms with Gasteiger partial charge in [-0.3, -0.25) is 0 Å². The van der Waals surface area contributed by atoms with Crippen molar-refractivity contribution in [2.45, 2.75) is 44.9 Å². The van der Waals surface area contributed by atoms with E-state index in [9.17, 15) is 14.4 Å². The molecule has 0 aliphatic heterocycles. The molecule has 110 valence electrons. The van der Waals surface area contributed by atoms with Crippen molar-refractivity contribution in [1.82, 2.24) is 0 Å². The molecule has 0 aliphatic carbocycles. The quantitative estimate of drug-likeness (QED) is 0.294. The monoisotopic (exact) mass is 279 g/mol. The van der Waals surface area contributed by atoms with E-state index in [-0.39, 0.29) is 0 Å². The summed E-state index contributed by atoms with van der Waals surface area (Å²) >= 11 is 0. The lowest BCUT2D eigenvalue weighted by Crippen LogP contribution is -2.06. The van der Waals surface area contributed by atoms with Crippen LogP contribution in [0.5, 0.6) is 0 Å². The zero-order valence-corrected chi connectivity index (χ0v) is 11.7. The Balaban J connectivity index is 3.76. The first-order valence-corrected chi connectivity index (χ1v) is 6.96. The third-order valence-corrected chi connectivity index (χ3v) is 3.06. The number of isocyanates is 3. The maximum atomic E-state index is 10.2. The minimum absolute atomic E-state index is 0.339. The molecule has 0 radical (unpaired) electrons. The fourth-order valence-corrected chi connectivity index (χ4v) is 2.02. The summed E-state index contributed by atoms with van der Waals surface area (Å²) in [4.78, 5) is 40.6. The van der Waals surface area contributed by atoms with Gasteiger partial charge in [0.15, 0.2) is 0 Å². The topological polar surface area (TPSA) is 88.3 Å². The van der Waals surface area contributed by atoms with E-state index in [1.807, 2.05) is 0 Å². The molecule has 6 heteroatoms. The number of rotatable bonds is 13. The fourth-order valence-electron chi connectivity index (χ4n) is 2.02. The van der Waals surface area contributed by atoms with Crippen molar-refractivity contribution in [2.75, 3.05) is 19.6 Å². The Hall–Kier alpha value is -1.86. The Morgan fingerprint density at radius 3 is 1.85 bits per heavy atom. The molecule has 0 saturated heterocycles. The second-order valence-electron chi connectivity index (χ2n) is 4.59. The Morgan fingerprint density at radius 1 is 0.650 bits per heavy atom. The van der Waals surface area contributed by atoms with E-state index in [2.05, 4.69) is 15.0 Å². The van der Waals surface area contributed by atoms with E-state index in [0.717, 1.165) is 44.9 Å². The lowest BCUT2D eigenvalue weighted by molar-refractivity contribution is 0.424. The first-order chi connectivity index (χ1) is 9.85. The van der Waals surface area contributed by atoms with Gasteiger partial charge in [0.2, 0.25) is 18.2 Å². The second kappa shape index (κ2) is 15.2. The SMILES string of the molecule is O=C=NCCCCCCC(CCCN=C=O)CN=C=O. The zero-order chi connectivity index (χ0) is 14.9. The van der Waals surface area contributed by atoms with E-state index in [0.29, 0.717) is 25.6 Å². The minimum atomic E-state index is 0.339. The van der Waals surface area contributed by atoms with Gasteiger partial charge in [-0.1, -0.05) is 19.3 Å². The first kappa shape index (κ1) is 18.1. The van der Waals surface area contributed by atoms with Gasteiger partial charge >= 0.3 is 0 Å². The third-order valence-electron chi connectivity index (χ3n) is 3.06. The number of unbranched alkanes of at least 4 members (excludes halogenated alkanes) is 3. The Kier molecular flexibility index (Phi) is 13.8. The van der Waals surface area contributed by atoms with Gasteiger partial charge in [-0.05, 0) is 31.6 Å². The molecule has 20 heavy (non-hydrogen) atoms. The normalized spacial score (nSPS) is 10.8. The van der Waals surface area contributed by atoms with Crippen molar-refractivity contribution in [3.63, 3.8) is 0 Å². The summed E-state index contributed by atoms with van der Waals surface area (Å²) in [7, 11) is 0. The summed E-state index contributed by atoms with van der Waals surface area (Å²) in [6.07, 6.45) is 11.4. The number of nitrogens with zero attached hydrogens (tertiary/aromatic N) is 3. The smallest absolute Gasteiger partial charge is 0.211 e. The molecule has 0 heterocycles. The van der Waals surface area contributed by atoms with Gasteiger partial charge < -0.3 is 0 Å². The molecule has 6 nitrogen and oxygen atoms in total. The molecule has 0 aromatic carbocycles. The maximum Gasteiger partial charge on any atom is 0.234 e. The summed E-state index contributed by atoms with van der Waals surface area (Å²) < 4.78 is 0. The Bertz CT molecular complexity index is 379. The third kappa shape index (κ3) is 12.6. The molecule has 0 N–H and O–H groups in total. The number of aliphatic imine (C=N–C) groups is 3. The van der Waals surface area contributed by atoms with Crippen LogP contribution in [0.25, 0.3) is 0 Å². The van der Waals surface area contributed by atoms with E-state index in [4.69, 9.17) is 0 Å². The standard InChI is InChI=1S/C14H21N3O3/c18-11-15-8-4-2-1-3-6-14(10-17-13-20)7-5-9-16-12-19/h14H,1-10H2. The van der Waals surface area contributed by atoms with Crippen molar-refractivity contribution >= 4 is 18.2 Å². The Morgan fingerprint density at radius 2 is 1.20 bits per heavy atom. The highest BCUT2D eigenvalue weighted by Crippen LogP contribution is 2.16. The lowest BCUT2D eigenvalue weighted by Gasteiger charge is -2.12. The van der Waals surface area contributed by atoms with Crippen LogP contribution in [-0.4, -0.2) is 37.9 Å². The van der Waals surface area contributed by atoms with E-state index in [1.165, 1.54) is 12.2 Å². The largest absolute Gasteiger partial charge is 0.234 e. The molecule has 0 bridgehead atoms. The van der Waals surface area contributed by atoms with Crippen molar-refractivity contribution in [3.8, 4) is 0 Å². The minimum Gasteiger partial charge on any atom is -0.211 e. The van der Waals surface area contributed by atoms with Gasteiger partial charge in [-0.15, -0.1) is 0 Å². The fraction of sp³-hybridized carbons (Fsp3) is 0.786. The summed E-state index contributed by atoms with van der Waals surface area (Å²) in [5.74, 6) is 0.339. The van der Waals surface area contributed by atoms with Crippen LogP contribution in [0.4, 0.5) is 0 Å². The molecular formula is C14H21N3O3. The highest BCUT2D eigenvalue weighted by Gasteiger charge is 2.07. The molecule has 0 aromatic rings. The van der Waals surface area contributed by atoms with Crippen LogP contribution in [0.1, 0.15) is 44.9 Å². The molecule has 0 aliphatic rings. The van der Waals surface area contributed by atoms with Crippen LogP contribution in [0.3, 0.4) is 0 Å². The van der Waals surface area contributed by atoms with Gasteiger partial charge in [-0.25, -0.2) is 29.4 Å². The van der Waals surface area contributed by atoms with Crippen molar-refractivity contribution in [2.24, 2.45) is 20.9 Å². The van der Waals surface area contributed by atoms with Crippen LogP contribution in [-0.2, 0) is 14.4 Å². The predicted octanol–water partition coefficient (Wildman–Crippen LogP) is 2.34. The van der Waals surface area contributed by atoms with Crippen molar-refractivity contribution in [3.05, 3.63) is 0 Å². The molecule has 1 unspecified atom stereocenters. The molecule has 1 atom stereocenters. The summed E-state index contributed by atoms with van der Waals surface area (Å²) in [5, 5.41) is 0. The molecule has 0 spiro atoms. The van der Waals surface area contributed by atoms with Crippen LogP contribution in [0.15, 0.2) is 15.0 Å². The molecule has 0 amide bonds. The van der Waals surface area contributed by atoms with E-state index in [1.54, 1.807) is 6.08 Å². The van der Waals surface area contributed by atoms with Gasteiger partial charge in [0.05, 0.1) is 19.6 Å². The molecule has 0 rings (SSSR count). The highest BCUT2D eigenvalue weighted by molar-refractivity contribution is 5.33. The van der Waals surface area contributed by atoms with Crippen molar-refractivity contribution in [1.29, 1.82) is 0 Å². The summed E-state index contributed by atoms with van der Waals surface area (Å²) in [6, 6.07) is 0. The molecular weight excluding hydrogens is 258 g/mol. The van der Waals surface area contributed by atoms with Gasteiger partial charge in [0.25, 0.3) is 0 Å². The van der Waals surface area contributed by atoms with Gasteiger partial charge in [0, 0.05) is 0 Å². The van der Waals surface area contributed by atoms with Crippen LogP contribution >= 0.6 is 0 Å². The van der Waals surface area contributed by atoms with Crippen LogP contribution in [0.2, 0.25) is 0 Å². The zero-order valence-electron chi connectivity index (χ0n) is 11.7. The summed E-state index contributed by atoms with van der Waals surface area (Å²) in [5.41, 5.74) is 0. The van der Waals surface area contributed by atoms with Gasteiger partial charge in [0.1, 0.15) is 0 Å². The van der Waals surface area contributed by atoms with Crippen LogP contribution < -0.4 is 0 Å². The Labute approximate surface area is 119 Å². The van der Waals surface area contributed by atoms with E-state index >= 15 is 0 Å². The average molecular weight is 279 g/mol. The maximum absolute atomic E-state index is 10.2. The second-order valence-corrected chi connectivity index (χ2v) is 4.59. The van der Waals surface area contributed by atoms with E-state index < -0.39 is 0 Å². The van der Waals surface area contributed by atoms with Gasteiger partial charge in [-0.2, -0.15) is 0 Å². The molecule has 0 aromatic heterocycles. The summed E-state index contributed by atoms with van der Waals surface area (Å²) in [6.45, 7) is 1.52. The average Bonchev–Trinajstić information content (AvgIpc) is 2.47. The highest BCUT2D eigenvalue weighted by atomic mass is 16.1. The van der Waals surface area contributed by atoms with Crippen molar-refractivity contribution < 1.29 is 14.4 Å². The first-order valence-electron chi connectivity index (χ1n) is 6.96.